The van der Waals surface area contributed by atoms with Crippen LogP contribution in [0.5, 0.6) is 0 Å². The molecule has 1 aromatic rings. The zero-order valence-electron chi connectivity index (χ0n) is 16.4. The van der Waals surface area contributed by atoms with Crippen molar-refractivity contribution in [2.75, 3.05) is 33.8 Å². The van der Waals surface area contributed by atoms with Gasteiger partial charge in [0.05, 0.1) is 12.6 Å². The molecule has 0 saturated heterocycles. The van der Waals surface area contributed by atoms with Gasteiger partial charge in [0.1, 0.15) is 6.54 Å². The van der Waals surface area contributed by atoms with Crippen molar-refractivity contribution < 1.29 is 9.53 Å². The zero-order chi connectivity index (χ0) is 18.7. The Morgan fingerprint density at radius 2 is 2.08 bits per heavy atom. The van der Waals surface area contributed by atoms with E-state index in [1.807, 2.05) is 18.4 Å². The second-order valence-corrected chi connectivity index (χ2v) is 7.37. The first kappa shape index (κ1) is 25.1. The van der Waals surface area contributed by atoms with Crippen LogP contribution in [-0.2, 0) is 16.1 Å². The van der Waals surface area contributed by atoms with Gasteiger partial charge < -0.3 is 20.3 Å². The molecule has 2 N–H and O–H groups in total. The van der Waals surface area contributed by atoms with Gasteiger partial charge in [0.25, 0.3) is 0 Å². The van der Waals surface area contributed by atoms with Crippen LogP contribution < -0.4 is 10.6 Å². The summed E-state index contributed by atoms with van der Waals surface area (Å²) in [5.74, 6) is 1.10. The van der Waals surface area contributed by atoms with E-state index >= 15 is 0 Å². The topological polar surface area (TPSA) is 66.0 Å². The Hall–Kier alpha value is -0.870. The second kappa shape index (κ2) is 14.2. The molecule has 0 saturated carbocycles. The summed E-state index contributed by atoms with van der Waals surface area (Å²) in [4.78, 5) is 19.0. The molecule has 0 fully saturated rings. The van der Waals surface area contributed by atoms with Crippen LogP contribution in [0.1, 0.15) is 32.1 Å². The van der Waals surface area contributed by atoms with E-state index in [0.29, 0.717) is 18.4 Å². The summed E-state index contributed by atoms with van der Waals surface area (Å²) in [5, 5.41) is 8.65. The molecule has 0 aliphatic heterocycles. The van der Waals surface area contributed by atoms with Crippen LogP contribution in [0.15, 0.2) is 22.5 Å². The maximum atomic E-state index is 11.8. The number of nitrogens with zero attached hydrogens (tertiary/aromatic N) is 2. The molecule has 1 unspecified atom stereocenters. The van der Waals surface area contributed by atoms with E-state index in [0.717, 1.165) is 19.6 Å². The van der Waals surface area contributed by atoms with Crippen molar-refractivity contribution in [3.05, 3.63) is 22.4 Å². The lowest BCUT2D eigenvalue weighted by Crippen LogP contribution is -2.40. The maximum absolute atomic E-state index is 11.8. The molecule has 0 spiro atoms. The summed E-state index contributed by atoms with van der Waals surface area (Å²) in [6.07, 6.45) is 1.12. The molecule has 1 amide bonds. The number of hydrogen-bond acceptors (Lipinski definition) is 4. The van der Waals surface area contributed by atoms with Gasteiger partial charge in [0.2, 0.25) is 5.91 Å². The number of ether oxygens (including phenoxy) is 1. The fourth-order valence-corrected chi connectivity index (χ4v) is 2.85. The van der Waals surface area contributed by atoms with Gasteiger partial charge in [0, 0.05) is 32.1 Å². The lowest BCUT2D eigenvalue weighted by atomic mass is 10.0. The van der Waals surface area contributed by atoms with Crippen LogP contribution in [0.4, 0.5) is 0 Å². The molecule has 6 nitrogen and oxygen atoms in total. The van der Waals surface area contributed by atoms with E-state index in [1.54, 1.807) is 30.3 Å². The molecule has 1 rings (SSSR count). The first-order valence-corrected chi connectivity index (χ1v) is 9.68. The Kier molecular flexibility index (Phi) is 13.7. The largest absolute Gasteiger partial charge is 0.378 e. The average molecular weight is 496 g/mol. The molecule has 26 heavy (non-hydrogen) atoms. The SMILES string of the molecule is CCOC(CCNC(=NCC(=O)N(C)C)NCc1cccs1)C(C)C.I. The van der Waals surface area contributed by atoms with E-state index in [4.69, 9.17) is 4.74 Å². The Morgan fingerprint density at radius 3 is 2.62 bits per heavy atom. The van der Waals surface area contributed by atoms with Crippen molar-refractivity contribution in [1.82, 2.24) is 15.5 Å². The number of carbonyl (C=O) groups excluding carboxylic acids is 1. The third-order valence-corrected chi connectivity index (χ3v) is 4.60. The predicted molar refractivity (Wildman–Crippen MR) is 120 cm³/mol. The molecule has 1 atom stereocenters. The zero-order valence-corrected chi connectivity index (χ0v) is 19.6. The fourth-order valence-electron chi connectivity index (χ4n) is 2.20. The van der Waals surface area contributed by atoms with Crippen molar-refractivity contribution in [3.63, 3.8) is 0 Å². The van der Waals surface area contributed by atoms with Gasteiger partial charge in [-0.05, 0) is 30.7 Å². The highest BCUT2D eigenvalue weighted by atomic mass is 127. The highest BCUT2D eigenvalue weighted by Crippen LogP contribution is 2.10. The fraction of sp³-hybridized carbons (Fsp3) is 0.667. The minimum atomic E-state index is -0.0217. The number of carbonyl (C=O) groups is 1. The van der Waals surface area contributed by atoms with Gasteiger partial charge in [-0.1, -0.05) is 19.9 Å². The lowest BCUT2D eigenvalue weighted by Gasteiger charge is -2.21. The van der Waals surface area contributed by atoms with Crippen molar-refractivity contribution >= 4 is 47.2 Å². The van der Waals surface area contributed by atoms with Crippen LogP contribution >= 0.6 is 35.3 Å². The van der Waals surface area contributed by atoms with Crippen molar-refractivity contribution in [2.45, 2.75) is 39.8 Å². The highest BCUT2D eigenvalue weighted by Gasteiger charge is 2.13. The molecular formula is C18H33IN4O2S. The van der Waals surface area contributed by atoms with Gasteiger partial charge in [-0.2, -0.15) is 0 Å². The molecule has 0 aliphatic rings. The van der Waals surface area contributed by atoms with Gasteiger partial charge in [-0.25, -0.2) is 4.99 Å². The van der Waals surface area contributed by atoms with Gasteiger partial charge in [0.15, 0.2) is 5.96 Å². The van der Waals surface area contributed by atoms with Crippen molar-refractivity contribution in [1.29, 1.82) is 0 Å². The first-order valence-electron chi connectivity index (χ1n) is 8.80. The van der Waals surface area contributed by atoms with E-state index in [-0.39, 0.29) is 42.5 Å². The van der Waals surface area contributed by atoms with Crippen LogP contribution in [-0.4, -0.2) is 56.7 Å². The molecule has 8 heteroatoms. The summed E-state index contributed by atoms with van der Waals surface area (Å²) in [7, 11) is 3.47. The molecule has 1 heterocycles. The number of halogens is 1. The molecule has 0 radical (unpaired) electrons. The van der Waals surface area contributed by atoms with Crippen LogP contribution in [0.2, 0.25) is 0 Å². The van der Waals surface area contributed by atoms with Crippen LogP contribution in [0, 0.1) is 5.92 Å². The van der Waals surface area contributed by atoms with Crippen molar-refractivity contribution in [2.24, 2.45) is 10.9 Å². The van der Waals surface area contributed by atoms with E-state index in [1.165, 1.54) is 4.88 Å². The van der Waals surface area contributed by atoms with Gasteiger partial charge >= 0.3 is 0 Å². The van der Waals surface area contributed by atoms with Gasteiger partial charge in [-0.15, -0.1) is 35.3 Å². The third-order valence-electron chi connectivity index (χ3n) is 3.73. The molecule has 0 bridgehead atoms. The quantitative estimate of drug-likeness (QED) is 0.297. The predicted octanol–water partition coefficient (Wildman–Crippen LogP) is 2.94. The Labute approximate surface area is 178 Å². The number of guanidine groups is 1. The standard InChI is InChI=1S/C18H32N4O2S.HI/c1-6-24-16(14(2)3)9-10-19-18(21-13-17(23)22(4)5)20-12-15-8-7-11-25-15;/h7-8,11,14,16H,6,9-10,12-13H2,1-5H3,(H2,19,20,21);1H. The number of likely N-dealkylation sites (N-methyl/N-ethyl adjacent to an activating group) is 1. The highest BCUT2D eigenvalue weighted by molar-refractivity contribution is 14.0. The van der Waals surface area contributed by atoms with E-state index in [2.05, 4.69) is 35.5 Å². The summed E-state index contributed by atoms with van der Waals surface area (Å²) in [6.45, 7) is 8.64. The minimum absolute atomic E-state index is 0. The van der Waals surface area contributed by atoms with E-state index < -0.39 is 0 Å². The average Bonchev–Trinajstić information content (AvgIpc) is 3.08. The van der Waals surface area contributed by atoms with Crippen LogP contribution in [0.25, 0.3) is 0 Å². The number of nitrogens with one attached hydrogen (secondary N) is 2. The summed E-state index contributed by atoms with van der Waals surface area (Å²) in [5.41, 5.74) is 0. The summed E-state index contributed by atoms with van der Waals surface area (Å²) < 4.78 is 5.77. The minimum Gasteiger partial charge on any atom is -0.378 e. The Bertz CT molecular complexity index is 521. The van der Waals surface area contributed by atoms with E-state index in [9.17, 15) is 4.79 Å². The number of thiophene rings is 1. The van der Waals surface area contributed by atoms with Gasteiger partial charge in [-0.3, -0.25) is 4.79 Å². The van der Waals surface area contributed by atoms with Crippen molar-refractivity contribution in [3.8, 4) is 0 Å². The first-order chi connectivity index (χ1) is 11.9. The maximum Gasteiger partial charge on any atom is 0.243 e. The summed E-state index contributed by atoms with van der Waals surface area (Å²) >= 11 is 1.69. The number of rotatable bonds is 10. The Morgan fingerprint density at radius 1 is 1.35 bits per heavy atom. The Balaban J connectivity index is 0.00000625. The summed E-state index contributed by atoms with van der Waals surface area (Å²) in [6, 6.07) is 4.10. The lowest BCUT2D eigenvalue weighted by molar-refractivity contribution is -0.127. The monoisotopic (exact) mass is 496 g/mol. The molecule has 0 aromatic carbocycles. The molecule has 1 aromatic heterocycles. The smallest absolute Gasteiger partial charge is 0.243 e. The number of amides is 1. The molecular weight excluding hydrogens is 463 g/mol. The third kappa shape index (κ3) is 10.3. The normalized spacial score (nSPS) is 12.5. The molecule has 150 valence electrons. The van der Waals surface area contributed by atoms with Crippen LogP contribution in [0.3, 0.4) is 0 Å². The molecule has 0 aliphatic carbocycles. The number of hydrogen-bond donors (Lipinski definition) is 2. The second-order valence-electron chi connectivity index (χ2n) is 6.34. The number of aliphatic imine (C=N–C) groups is 1.